The van der Waals surface area contributed by atoms with Gasteiger partial charge < -0.3 is 24.8 Å². The summed E-state index contributed by atoms with van der Waals surface area (Å²) in [5.74, 6) is -3.48. The predicted octanol–water partition coefficient (Wildman–Crippen LogP) is 0.184. The standard InChI is InChI=1S/C13H16O6/c1-9(2)12(16)19-13(17,11(15)8-14)18-10-6-4-3-5-7-10/h3-7,11,14-15,17H,1,8H2,2H3. The summed E-state index contributed by atoms with van der Waals surface area (Å²) in [6.45, 7) is 3.86. The Balaban J connectivity index is 2.93. The van der Waals surface area contributed by atoms with Gasteiger partial charge in [0.2, 0.25) is 0 Å². The SMILES string of the molecule is C=C(C)C(=O)OC(O)(Oc1ccccc1)C(O)CO. The van der Waals surface area contributed by atoms with Gasteiger partial charge >= 0.3 is 11.9 Å². The molecule has 2 unspecified atom stereocenters. The number of para-hydroxylation sites is 1. The molecule has 3 N–H and O–H groups in total. The van der Waals surface area contributed by atoms with E-state index in [1.54, 1.807) is 18.2 Å². The molecule has 0 fully saturated rings. The van der Waals surface area contributed by atoms with Crippen LogP contribution in [0.1, 0.15) is 6.92 Å². The van der Waals surface area contributed by atoms with Gasteiger partial charge in [-0.15, -0.1) is 0 Å². The van der Waals surface area contributed by atoms with E-state index in [4.69, 9.17) is 9.84 Å². The van der Waals surface area contributed by atoms with Crippen molar-refractivity contribution in [2.45, 2.75) is 19.0 Å². The lowest BCUT2D eigenvalue weighted by molar-refractivity contribution is -0.344. The number of carbonyl (C=O) groups excluding carboxylic acids is 1. The molecule has 0 radical (unpaired) electrons. The van der Waals surface area contributed by atoms with Crippen molar-refractivity contribution in [3.63, 3.8) is 0 Å². The molecule has 6 nitrogen and oxygen atoms in total. The van der Waals surface area contributed by atoms with E-state index in [0.29, 0.717) is 0 Å². The zero-order valence-corrected chi connectivity index (χ0v) is 10.4. The zero-order chi connectivity index (χ0) is 14.5. The maximum Gasteiger partial charge on any atom is 0.401 e. The molecule has 104 valence electrons. The van der Waals surface area contributed by atoms with Gasteiger partial charge in [0, 0.05) is 5.57 Å². The fourth-order valence-electron chi connectivity index (χ4n) is 1.15. The van der Waals surface area contributed by atoms with Gasteiger partial charge in [-0.2, -0.15) is 0 Å². The lowest BCUT2D eigenvalue weighted by Crippen LogP contribution is -2.53. The normalized spacial score (nSPS) is 15.2. The number of aliphatic hydroxyl groups is 3. The van der Waals surface area contributed by atoms with Crippen molar-refractivity contribution >= 4 is 5.97 Å². The molecule has 0 spiro atoms. The molecular formula is C13H16O6. The predicted molar refractivity (Wildman–Crippen MR) is 66.0 cm³/mol. The van der Waals surface area contributed by atoms with E-state index in [9.17, 15) is 15.0 Å². The third-order valence-electron chi connectivity index (χ3n) is 2.19. The summed E-state index contributed by atoms with van der Waals surface area (Å²) in [7, 11) is 0. The molecule has 0 aliphatic heterocycles. The molecule has 0 heterocycles. The molecule has 2 atom stereocenters. The number of carbonyl (C=O) groups is 1. The number of rotatable bonds is 6. The highest BCUT2D eigenvalue weighted by Gasteiger charge is 2.43. The van der Waals surface area contributed by atoms with Crippen LogP contribution in [0, 0.1) is 0 Å². The van der Waals surface area contributed by atoms with Crippen molar-refractivity contribution in [1.29, 1.82) is 0 Å². The van der Waals surface area contributed by atoms with Gasteiger partial charge in [0.05, 0.1) is 6.61 Å². The minimum atomic E-state index is -2.69. The van der Waals surface area contributed by atoms with Crippen molar-refractivity contribution in [1.82, 2.24) is 0 Å². The van der Waals surface area contributed by atoms with Gasteiger partial charge in [-0.25, -0.2) is 4.79 Å². The molecule has 0 saturated heterocycles. The Morgan fingerprint density at radius 2 is 2.00 bits per heavy atom. The van der Waals surface area contributed by atoms with E-state index in [1.807, 2.05) is 0 Å². The fourth-order valence-corrected chi connectivity index (χ4v) is 1.15. The van der Waals surface area contributed by atoms with Crippen LogP contribution in [0.2, 0.25) is 0 Å². The molecule has 1 aromatic rings. The quantitative estimate of drug-likeness (QED) is 0.387. The van der Waals surface area contributed by atoms with Crippen molar-refractivity contribution in [2.75, 3.05) is 6.61 Å². The second-order valence-electron chi connectivity index (χ2n) is 3.91. The second kappa shape index (κ2) is 6.33. The first-order valence-electron chi connectivity index (χ1n) is 5.53. The first-order chi connectivity index (χ1) is 8.89. The Hall–Kier alpha value is -1.89. The van der Waals surface area contributed by atoms with E-state index >= 15 is 0 Å². The monoisotopic (exact) mass is 268 g/mol. The van der Waals surface area contributed by atoms with E-state index in [-0.39, 0.29) is 11.3 Å². The molecule has 0 saturated carbocycles. The fraction of sp³-hybridized carbons (Fsp3) is 0.308. The third-order valence-corrected chi connectivity index (χ3v) is 2.19. The molecule has 0 bridgehead atoms. The number of hydrogen-bond acceptors (Lipinski definition) is 6. The van der Waals surface area contributed by atoms with Crippen LogP contribution in [0.15, 0.2) is 42.5 Å². The summed E-state index contributed by atoms with van der Waals surface area (Å²) >= 11 is 0. The average molecular weight is 268 g/mol. The van der Waals surface area contributed by atoms with Gasteiger partial charge in [-0.05, 0) is 19.1 Å². The molecule has 0 aliphatic rings. The van der Waals surface area contributed by atoms with Crippen LogP contribution in [0.5, 0.6) is 5.75 Å². The van der Waals surface area contributed by atoms with E-state index < -0.39 is 24.7 Å². The third kappa shape index (κ3) is 4.06. The molecular weight excluding hydrogens is 252 g/mol. The van der Waals surface area contributed by atoms with E-state index in [0.717, 1.165) is 0 Å². The van der Waals surface area contributed by atoms with Crippen LogP contribution in [0.25, 0.3) is 0 Å². The smallest absolute Gasteiger partial charge is 0.401 e. The lowest BCUT2D eigenvalue weighted by Gasteiger charge is -2.30. The Labute approximate surface area is 110 Å². The molecule has 0 aromatic heterocycles. The van der Waals surface area contributed by atoms with Crippen LogP contribution in [-0.2, 0) is 9.53 Å². The first kappa shape index (κ1) is 15.2. The zero-order valence-electron chi connectivity index (χ0n) is 10.4. The first-order valence-corrected chi connectivity index (χ1v) is 5.53. The Morgan fingerprint density at radius 3 is 2.47 bits per heavy atom. The number of aliphatic hydroxyl groups excluding tert-OH is 2. The minimum absolute atomic E-state index is 0.0141. The number of esters is 1. The van der Waals surface area contributed by atoms with Crippen LogP contribution >= 0.6 is 0 Å². The van der Waals surface area contributed by atoms with Crippen LogP contribution in [0.3, 0.4) is 0 Å². The van der Waals surface area contributed by atoms with Crippen LogP contribution < -0.4 is 4.74 Å². The summed E-state index contributed by atoms with van der Waals surface area (Å²) in [4.78, 5) is 11.4. The Kier molecular flexibility index (Phi) is 5.05. The van der Waals surface area contributed by atoms with Gasteiger partial charge in [0.15, 0.2) is 6.10 Å². The Bertz CT molecular complexity index is 444. The highest BCUT2D eigenvalue weighted by Crippen LogP contribution is 2.21. The highest BCUT2D eigenvalue weighted by molar-refractivity contribution is 5.87. The molecule has 6 heteroatoms. The van der Waals surface area contributed by atoms with E-state index in [2.05, 4.69) is 11.3 Å². The van der Waals surface area contributed by atoms with Gasteiger partial charge in [-0.1, -0.05) is 24.8 Å². The maximum absolute atomic E-state index is 11.4. The second-order valence-corrected chi connectivity index (χ2v) is 3.91. The largest absolute Gasteiger partial charge is 0.428 e. The summed E-state index contributed by atoms with van der Waals surface area (Å²) < 4.78 is 9.68. The number of benzene rings is 1. The topological polar surface area (TPSA) is 96.2 Å². The Morgan fingerprint density at radius 1 is 1.42 bits per heavy atom. The summed E-state index contributed by atoms with van der Waals surface area (Å²) in [6, 6.07) is 7.95. The number of ether oxygens (including phenoxy) is 2. The van der Waals surface area contributed by atoms with Gasteiger partial charge in [0.25, 0.3) is 0 Å². The number of hydrogen-bond donors (Lipinski definition) is 3. The summed E-state index contributed by atoms with van der Waals surface area (Å²) in [5, 5.41) is 28.5. The van der Waals surface area contributed by atoms with Crippen LogP contribution in [-0.4, -0.2) is 40.0 Å². The van der Waals surface area contributed by atoms with Crippen molar-refractivity contribution < 1.29 is 29.6 Å². The molecule has 19 heavy (non-hydrogen) atoms. The van der Waals surface area contributed by atoms with Crippen molar-refractivity contribution in [2.24, 2.45) is 0 Å². The molecule has 0 aliphatic carbocycles. The van der Waals surface area contributed by atoms with E-state index in [1.165, 1.54) is 19.1 Å². The molecule has 1 rings (SSSR count). The van der Waals surface area contributed by atoms with Gasteiger partial charge in [0.1, 0.15) is 5.75 Å². The lowest BCUT2D eigenvalue weighted by atomic mass is 10.3. The molecule has 0 amide bonds. The summed E-state index contributed by atoms with van der Waals surface area (Å²) in [5.41, 5.74) is 0.0141. The van der Waals surface area contributed by atoms with Crippen molar-refractivity contribution in [3.05, 3.63) is 42.5 Å². The van der Waals surface area contributed by atoms with Gasteiger partial charge in [-0.3, -0.25) is 0 Å². The van der Waals surface area contributed by atoms with Crippen molar-refractivity contribution in [3.8, 4) is 5.75 Å². The minimum Gasteiger partial charge on any atom is -0.428 e. The maximum atomic E-state index is 11.4. The average Bonchev–Trinajstić information content (AvgIpc) is 2.38. The van der Waals surface area contributed by atoms with Crippen LogP contribution in [0.4, 0.5) is 0 Å². The summed E-state index contributed by atoms with van der Waals surface area (Å²) in [6.07, 6.45) is -1.82. The molecule has 1 aromatic carbocycles. The highest BCUT2D eigenvalue weighted by atomic mass is 16.8.